The highest BCUT2D eigenvalue weighted by atomic mass is 15.3. The van der Waals surface area contributed by atoms with Gasteiger partial charge in [-0.15, -0.1) is 0 Å². The molecule has 0 spiro atoms. The SMILES string of the molecule is C[C@@H](C[NH3+])n1cncn1. The molecular weight excluding hydrogens is 116 g/mol. The normalized spacial score (nSPS) is 13.6. The molecule has 4 nitrogen and oxygen atoms in total. The first kappa shape index (κ1) is 6.22. The Morgan fingerprint density at radius 1 is 1.78 bits per heavy atom. The van der Waals surface area contributed by atoms with Gasteiger partial charge in [-0.3, -0.25) is 0 Å². The van der Waals surface area contributed by atoms with Crippen molar-refractivity contribution in [3.63, 3.8) is 0 Å². The third-order valence-electron chi connectivity index (χ3n) is 1.31. The maximum Gasteiger partial charge on any atom is 0.137 e. The lowest BCUT2D eigenvalue weighted by molar-refractivity contribution is -0.376. The second-order valence-electron chi connectivity index (χ2n) is 2.01. The van der Waals surface area contributed by atoms with Crippen LogP contribution >= 0.6 is 0 Å². The summed E-state index contributed by atoms with van der Waals surface area (Å²) < 4.78 is 1.80. The number of hydrogen-bond acceptors (Lipinski definition) is 2. The first-order valence-electron chi connectivity index (χ1n) is 2.98. The molecule has 0 aromatic carbocycles. The van der Waals surface area contributed by atoms with Crippen LogP contribution in [0.25, 0.3) is 0 Å². The minimum Gasteiger partial charge on any atom is -0.356 e. The molecule has 0 radical (unpaired) electrons. The van der Waals surface area contributed by atoms with E-state index in [1.54, 1.807) is 11.0 Å². The summed E-state index contributed by atoms with van der Waals surface area (Å²) in [7, 11) is 0. The molecule has 0 unspecified atom stereocenters. The van der Waals surface area contributed by atoms with Crippen LogP contribution in [0, 0.1) is 0 Å². The Morgan fingerprint density at radius 3 is 3.00 bits per heavy atom. The molecule has 3 N–H and O–H groups in total. The van der Waals surface area contributed by atoms with Gasteiger partial charge >= 0.3 is 0 Å². The number of hydrogen-bond donors (Lipinski definition) is 1. The van der Waals surface area contributed by atoms with Crippen LogP contribution in [0.4, 0.5) is 0 Å². The second kappa shape index (κ2) is 2.59. The summed E-state index contributed by atoms with van der Waals surface area (Å²) >= 11 is 0. The van der Waals surface area contributed by atoms with Crippen molar-refractivity contribution in [2.45, 2.75) is 13.0 Å². The van der Waals surface area contributed by atoms with Crippen LogP contribution in [0.5, 0.6) is 0 Å². The van der Waals surface area contributed by atoms with Gasteiger partial charge in [-0.05, 0) is 6.92 Å². The zero-order valence-electron chi connectivity index (χ0n) is 5.49. The summed E-state index contributed by atoms with van der Waals surface area (Å²) in [4.78, 5) is 3.82. The van der Waals surface area contributed by atoms with Crippen molar-refractivity contribution < 1.29 is 5.73 Å². The van der Waals surface area contributed by atoms with E-state index in [2.05, 4.69) is 22.7 Å². The van der Waals surface area contributed by atoms with Crippen LogP contribution in [0.1, 0.15) is 13.0 Å². The Labute approximate surface area is 53.7 Å². The minimum atomic E-state index is 0.368. The molecule has 0 aliphatic heterocycles. The Morgan fingerprint density at radius 2 is 2.56 bits per heavy atom. The van der Waals surface area contributed by atoms with E-state index in [0.29, 0.717) is 6.04 Å². The third-order valence-corrected chi connectivity index (χ3v) is 1.31. The molecule has 1 atom stereocenters. The maximum absolute atomic E-state index is 3.95. The Hall–Kier alpha value is -0.900. The van der Waals surface area contributed by atoms with E-state index in [9.17, 15) is 0 Å². The average Bonchev–Trinajstić information content (AvgIpc) is 2.37. The number of rotatable bonds is 2. The summed E-state index contributed by atoms with van der Waals surface area (Å²) in [6, 6.07) is 0.368. The van der Waals surface area contributed by atoms with E-state index >= 15 is 0 Å². The maximum atomic E-state index is 3.95. The summed E-state index contributed by atoms with van der Waals surface area (Å²) in [5.74, 6) is 0. The predicted molar refractivity (Wildman–Crippen MR) is 32.5 cm³/mol. The zero-order valence-corrected chi connectivity index (χ0v) is 5.49. The highest BCUT2D eigenvalue weighted by Crippen LogP contribution is 1.95. The monoisotopic (exact) mass is 127 g/mol. The molecule has 0 fully saturated rings. The fraction of sp³-hybridized carbons (Fsp3) is 0.600. The van der Waals surface area contributed by atoms with Crippen LogP contribution in [-0.4, -0.2) is 21.3 Å². The zero-order chi connectivity index (χ0) is 6.69. The molecule has 1 heterocycles. The number of aromatic nitrogens is 3. The van der Waals surface area contributed by atoms with Crippen LogP contribution in [0.15, 0.2) is 12.7 Å². The molecule has 0 bridgehead atoms. The first-order valence-corrected chi connectivity index (χ1v) is 2.98. The van der Waals surface area contributed by atoms with Crippen molar-refractivity contribution in [1.29, 1.82) is 0 Å². The molecular formula is C5H11N4+. The van der Waals surface area contributed by atoms with Crippen molar-refractivity contribution in [2.24, 2.45) is 0 Å². The molecule has 0 saturated carbocycles. The van der Waals surface area contributed by atoms with E-state index in [4.69, 9.17) is 0 Å². The van der Waals surface area contributed by atoms with E-state index in [0.717, 1.165) is 6.54 Å². The van der Waals surface area contributed by atoms with Gasteiger partial charge < -0.3 is 5.73 Å². The minimum absolute atomic E-state index is 0.368. The van der Waals surface area contributed by atoms with Crippen molar-refractivity contribution in [3.05, 3.63) is 12.7 Å². The van der Waals surface area contributed by atoms with Gasteiger partial charge in [-0.25, -0.2) is 9.67 Å². The van der Waals surface area contributed by atoms with Gasteiger partial charge in [0.2, 0.25) is 0 Å². The molecule has 0 saturated heterocycles. The molecule has 50 valence electrons. The van der Waals surface area contributed by atoms with Crippen molar-refractivity contribution in [3.8, 4) is 0 Å². The molecule has 1 rings (SSSR count). The first-order chi connectivity index (χ1) is 4.34. The number of nitrogens with zero attached hydrogens (tertiary/aromatic N) is 3. The molecule has 9 heavy (non-hydrogen) atoms. The average molecular weight is 127 g/mol. The van der Waals surface area contributed by atoms with E-state index < -0.39 is 0 Å². The van der Waals surface area contributed by atoms with E-state index in [-0.39, 0.29) is 0 Å². The Bertz CT molecular complexity index is 157. The number of quaternary nitrogens is 1. The Balaban J connectivity index is 2.65. The smallest absolute Gasteiger partial charge is 0.137 e. The van der Waals surface area contributed by atoms with Crippen LogP contribution in [0.2, 0.25) is 0 Å². The van der Waals surface area contributed by atoms with Crippen molar-refractivity contribution >= 4 is 0 Å². The molecule has 4 heteroatoms. The fourth-order valence-corrected chi connectivity index (χ4v) is 0.577. The van der Waals surface area contributed by atoms with Gasteiger partial charge in [-0.1, -0.05) is 0 Å². The van der Waals surface area contributed by atoms with Crippen LogP contribution in [0.3, 0.4) is 0 Å². The summed E-state index contributed by atoms with van der Waals surface area (Å²) in [5.41, 5.74) is 3.75. The summed E-state index contributed by atoms with van der Waals surface area (Å²) in [6.07, 6.45) is 3.24. The Kier molecular flexibility index (Phi) is 1.79. The molecule has 0 amide bonds. The standard InChI is InChI=1S/C5H10N4/c1-5(2-6)9-4-7-3-8-9/h3-5H,2,6H2,1H3/p+1/t5-/m0/s1. The van der Waals surface area contributed by atoms with Gasteiger partial charge in [-0.2, -0.15) is 5.10 Å². The van der Waals surface area contributed by atoms with Gasteiger partial charge in [0.05, 0.1) is 12.6 Å². The summed E-state index contributed by atoms with van der Waals surface area (Å²) in [6.45, 7) is 2.91. The summed E-state index contributed by atoms with van der Waals surface area (Å²) in [5, 5.41) is 3.95. The quantitative estimate of drug-likeness (QED) is 0.558. The van der Waals surface area contributed by atoms with Gasteiger partial charge in [0.25, 0.3) is 0 Å². The molecule has 0 aliphatic carbocycles. The third kappa shape index (κ3) is 1.26. The largest absolute Gasteiger partial charge is 0.356 e. The molecule has 1 aromatic rings. The predicted octanol–water partition coefficient (Wildman–Crippen LogP) is -0.919. The van der Waals surface area contributed by atoms with E-state index in [1.165, 1.54) is 6.33 Å². The molecule has 0 aliphatic rings. The lowest BCUT2D eigenvalue weighted by Crippen LogP contribution is -2.53. The lowest BCUT2D eigenvalue weighted by atomic mass is 10.4. The van der Waals surface area contributed by atoms with Gasteiger partial charge in [0.1, 0.15) is 12.7 Å². The van der Waals surface area contributed by atoms with Crippen LogP contribution < -0.4 is 5.73 Å². The highest BCUT2D eigenvalue weighted by Gasteiger charge is 2.01. The van der Waals surface area contributed by atoms with E-state index in [1.807, 2.05) is 0 Å². The van der Waals surface area contributed by atoms with Crippen molar-refractivity contribution in [1.82, 2.24) is 14.8 Å². The second-order valence-corrected chi connectivity index (χ2v) is 2.01. The lowest BCUT2D eigenvalue weighted by Gasteiger charge is -2.03. The van der Waals surface area contributed by atoms with Crippen molar-refractivity contribution in [2.75, 3.05) is 6.54 Å². The van der Waals surface area contributed by atoms with Gasteiger partial charge in [0.15, 0.2) is 0 Å². The molecule has 1 aromatic heterocycles. The fourth-order valence-electron chi connectivity index (χ4n) is 0.577. The topological polar surface area (TPSA) is 58.4 Å². The highest BCUT2D eigenvalue weighted by molar-refractivity contribution is 4.62. The van der Waals surface area contributed by atoms with Crippen LogP contribution in [-0.2, 0) is 0 Å². The van der Waals surface area contributed by atoms with Gasteiger partial charge in [0, 0.05) is 0 Å².